The highest BCUT2D eigenvalue weighted by Gasteiger charge is 2.19. The van der Waals surface area contributed by atoms with Gasteiger partial charge < -0.3 is 9.84 Å². The number of pyridine rings is 1. The first-order chi connectivity index (χ1) is 11.9. The maximum Gasteiger partial charge on any atom is 0.354 e. The predicted octanol–water partition coefficient (Wildman–Crippen LogP) is 4.86. The number of halogens is 3. The fourth-order valence-corrected chi connectivity index (χ4v) is 2.82. The van der Waals surface area contributed by atoms with E-state index >= 15 is 0 Å². The molecule has 128 valence electrons. The highest BCUT2D eigenvalue weighted by molar-refractivity contribution is 9.10. The van der Waals surface area contributed by atoms with E-state index in [4.69, 9.17) is 4.74 Å². The normalized spacial score (nSPS) is 10.9. The number of hydrogen-bond acceptors (Lipinski definition) is 3. The summed E-state index contributed by atoms with van der Waals surface area (Å²) >= 11 is 3.17. The highest BCUT2D eigenvalue weighted by atomic mass is 79.9. The van der Waals surface area contributed by atoms with Gasteiger partial charge in [-0.15, -0.1) is 0 Å². The molecule has 25 heavy (non-hydrogen) atoms. The van der Waals surface area contributed by atoms with Crippen LogP contribution in [0.5, 0.6) is 5.75 Å². The van der Waals surface area contributed by atoms with E-state index in [9.17, 15) is 18.7 Å². The molecule has 1 aromatic heterocycles. The molecule has 0 aliphatic heterocycles. The van der Waals surface area contributed by atoms with Gasteiger partial charge in [-0.25, -0.2) is 18.6 Å². The first-order valence-electron chi connectivity index (χ1n) is 7.26. The second kappa shape index (κ2) is 6.76. The van der Waals surface area contributed by atoms with Crippen molar-refractivity contribution in [2.24, 2.45) is 0 Å². The standard InChI is InChI=1S/C18H12BrF2NO3/c1-9-16(18(23)24)22-15-5-4-12(20)7-13(15)17(9)25-8-10-2-3-11(19)6-14(10)21/h2-7H,8H2,1H3,(H,23,24). The van der Waals surface area contributed by atoms with Crippen LogP contribution >= 0.6 is 15.9 Å². The van der Waals surface area contributed by atoms with Crippen LogP contribution in [0.4, 0.5) is 8.78 Å². The number of aromatic nitrogens is 1. The Morgan fingerprint density at radius 1 is 1.24 bits per heavy atom. The third-order valence-electron chi connectivity index (χ3n) is 3.72. The Morgan fingerprint density at radius 3 is 2.68 bits per heavy atom. The number of carboxylic acid groups (broad SMARTS) is 1. The van der Waals surface area contributed by atoms with Crippen LogP contribution in [0.1, 0.15) is 21.6 Å². The third kappa shape index (κ3) is 3.46. The molecule has 1 heterocycles. The molecule has 0 saturated carbocycles. The van der Waals surface area contributed by atoms with Crippen molar-refractivity contribution in [2.45, 2.75) is 13.5 Å². The van der Waals surface area contributed by atoms with Crippen LogP contribution in [0.2, 0.25) is 0 Å². The zero-order chi connectivity index (χ0) is 18.1. The van der Waals surface area contributed by atoms with Crippen molar-refractivity contribution in [3.05, 3.63) is 69.3 Å². The molecule has 1 N–H and O–H groups in total. The molecule has 4 nitrogen and oxygen atoms in total. The second-order valence-electron chi connectivity index (χ2n) is 5.41. The fraction of sp³-hybridized carbons (Fsp3) is 0.111. The molecule has 0 amide bonds. The van der Waals surface area contributed by atoms with Crippen molar-refractivity contribution < 1.29 is 23.4 Å². The molecule has 2 aromatic carbocycles. The lowest BCUT2D eigenvalue weighted by atomic mass is 10.1. The van der Waals surface area contributed by atoms with Crippen LogP contribution in [-0.2, 0) is 6.61 Å². The molecule has 0 saturated heterocycles. The van der Waals surface area contributed by atoms with Crippen LogP contribution in [0, 0.1) is 18.6 Å². The van der Waals surface area contributed by atoms with E-state index < -0.39 is 17.6 Å². The second-order valence-corrected chi connectivity index (χ2v) is 6.32. The van der Waals surface area contributed by atoms with Gasteiger partial charge in [-0.05, 0) is 37.3 Å². The lowest BCUT2D eigenvalue weighted by molar-refractivity contribution is 0.0689. The Morgan fingerprint density at radius 2 is 2.00 bits per heavy atom. The average molecular weight is 408 g/mol. The minimum Gasteiger partial charge on any atom is -0.488 e. The molecule has 0 unspecified atom stereocenters. The van der Waals surface area contributed by atoms with Gasteiger partial charge in [0.05, 0.1) is 5.52 Å². The highest BCUT2D eigenvalue weighted by Crippen LogP contribution is 2.32. The number of ether oxygens (including phenoxy) is 1. The van der Waals surface area contributed by atoms with Gasteiger partial charge in [-0.1, -0.05) is 22.0 Å². The molecular formula is C18H12BrF2NO3. The van der Waals surface area contributed by atoms with E-state index in [1.54, 1.807) is 12.1 Å². The molecule has 0 spiro atoms. The Hall–Kier alpha value is -2.54. The maximum atomic E-state index is 14.0. The van der Waals surface area contributed by atoms with Crippen molar-refractivity contribution in [1.29, 1.82) is 0 Å². The van der Waals surface area contributed by atoms with Crippen molar-refractivity contribution in [3.63, 3.8) is 0 Å². The van der Waals surface area contributed by atoms with Crippen LogP contribution in [0.3, 0.4) is 0 Å². The van der Waals surface area contributed by atoms with Crippen LogP contribution in [0.15, 0.2) is 40.9 Å². The quantitative estimate of drug-likeness (QED) is 0.670. The zero-order valence-corrected chi connectivity index (χ0v) is 14.6. The summed E-state index contributed by atoms with van der Waals surface area (Å²) in [5, 5.41) is 9.64. The molecule has 7 heteroatoms. The van der Waals surface area contributed by atoms with E-state index in [0.717, 1.165) is 0 Å². The number of carboxylic acids is 1. The number of rotatable bonds is 4. The summed E-state index contributed by atoms with van der Waals surface area (Å²) in [7, 11) is 0. The maximum absolute atomic E-state index is 14.0. The van der Waals surface area contributed by atoms with Crippen LogP contribution in [0.25, 0.3) is 10.9 Å². The van der Waals surface area contributed by atoms with E-state index in [2.05, 4.69) is 20.9 Å². The van der Waals surface area contributed by atoms with Gasteiger partial charge in [0.15, 0.2) is 5.69 Å². The van der Waals surface area contributed by atoms with E-state index in [1.807, 2.05) is 0 Å². The van der Waals surface area contributed by atoms with E-state index in [0.29, 0.717) is 15.4 Å². The Bertz CT molecular complexity index is 992. The molecule has 0 bridgehead atoms. The minimum absolute atomic E-state index is 0.130. The first kappa shape index (κ1) is 17.3. The Labute approximate surface area is 150 Å². The van der Waals surface area contributed by atoms with Crippen molar-refractivity contribution in [1.82, 2.24) is 4.98 Å². The SMILES string of the molecule is Cc1c(C(=O)O)nc2ccc(F)cc2c1OCc1ccc(Br)cc1F. The summed E-state index contributed by atoms with van der Waals surface area (Å²) in [5.41, 5.74) is 0.644. The monoisotopic (exact) mass is 407 g/mol. The summed E-state index contributed by atoms with van der Waals surface area (Å²) in [6, 6.07) is 8.31. The van der Waals surface area contributed by atoms with Gasteiger partial charge in [0.1, 0.15) is 24.0 Å². The van der Waals surface area contributed by atoms with Crippen molar-refractivity contribution >= 4 is 32.8 Å². The molecule has 0 radical (unpaired) electrons. The summed E-state index contributed by atoms with van der Waals surface area (Å²) < 4.78 is 33.8. The number of fused-ring (bicyclic) bond motifs is 1. The van der Waals surface area contributed by atoms with E-state index in [1.165, 1.54) is 31.2 Å². The predicted molar refractivity (Wildman–Crippen MR) is 91.8 cm³/mol. The smallest absolute Gasteiger partial charge is 0.354 e. The average Bonchev–Trinajstić information content (AvgIpc) is 2.55. The lowest BCUT2D eigenvalue weighted by Crippen LogP contribution is -2.08. The molecule has 0 fully saturated rings. The number of hydrogen-bond donors (Lipinski definition) is 1. The summed E-state index contributed by atoms with van der Waals surface area (Å²) in [4.78, 5) is 15.4. The Balaban J connectivity index is 2.08. The van der Waals surface area contributed by atoms with Gasteiger partial charge in [0.25, 0.3) is 0 Å². The van der Waals surface area contributed by atoms with Gasteiger partial charge >= 0.3 is 5.97 Å². The molecular weight excluding hydrogens is 396 g/mol. The van der Waals surface area contributed by atoms with Gasteiger partial charge in [-0.2, -0.15) is 0 Å². The number of aromatic carboxylic acids is 1. The summed E-state index contributed by atoms with van der Waals surface area (Å²) in [6.07, 6.45) is 0. The first-order valence-corrected chi connectivity index (χ1v) is 8.06. The van der Waals surface area contributed by atoms with Crippen LogP contribution in [-0.4, -0.2) is 16.1 Å². The summed E-state index contributed by atoms with van der Waals surface area (Å²) in [5.74, 6) is -2.01. The molecule has 0 aliphatic rings. The molecule has 0 atom stereocenters. The lowest BCUT2D eigenvalue weighted by Gasteiger charge is -2.14. The van der Waals surface area contributed by atoms with Crippen LogP contribution < -0.4 is 4.74 Å². The third-order valence-corrected chi connectivity index (χ3v) is 4.21. The number of carbonyl (C=O) groups is 1. The largest absolute Gasteiger partial charge is 0.488 e. The Kier molecular flexibility index (Phi) is 4.67. The van der Waals surface area contributed by atoms with Gasteiger partial charge in [0, 0.05) is 21.0 Å². The van der Waals surface area contributed by atoms with Crippen molar-refractivity contribution in [3.8, 4) is 5.75 Å². The van der Waals surface area contributed by atoms with E-state index in [-0.39, 0.29) is 29.1 Å². The van der Waals surface area contributed by atoms with Crippen molar-refractivity contribution in [2.75, 3.05) is 0 Å². The number of nitrogens with zero attached hydrogens (tertiary/aromatic N) is 1. The van der Waals surface area contributed by atoms with Gasteiger partial charge in [-0.3, -0.25) is 0 Å². The molecule has 3 aromatic rings. The summed E-state index contributed by atoms with van der Waals surface area (Å²) in [6.45, 7) is 1.39. The van der Waals surface area contributed by atoms with Gasteiger partial charge in [0.2, 0.25) is 0 Å². The minimum atomic E-state index is -1.22. The number of benzene rings is 2. The fourth-order valence-electron chi connectivity index (χ4n) is 2.48. The molecule has 0 aliphatic carbocycles. The molecule has 3 rings (SSSR count). The zero-order valence-electron chi connectivity index (χ0n) is 13.0. The topological polar surface area (TPSA) is 59.4 Å².